The van der Waals surface area contributed by atoms with Crippen LogP contribution in [0.3, 0.4) is 0 Å². The van der Waals surface area contributed by atoms with E-state index in [4.69, 9.17) is 33.7 Å². The monoisotopic (exact) mass is 247 g/mol. The molecule has 0 aliphatic heterocycles. The smallest absolute Gasteiger partial charge is 0.138 e. The molecule has 2 N–H and O–H groups in total. The Morgan fingerprint density at radius 1 is 1.33 bits per heavy atom. The van der Waals surface area contributed by atoms with E-state index in [9.17, 15) is 0 Å². The number of methoxy groups -OCH3 is 1. The molecule has 1 unspecified atom stereocenters. The largest absolute Gasteiger partial charge is 0.495 e. The quantitative estimate of drug-likeness (QED) is 0.888. The molecule has 4 heteroatoms. The van der Waals surface area contributed by atoms with Gasteiger partial charge in [-0.15, -0.1) is 0 Å². The number of hydrogen-bond donors (Lipinski definition) is 1. The summed E-state index contributed by atoms with van der Waals surface area (Å²) in [6, 6.07) is 3.58. The SMILES string of the molecule is COc1cc(Cl)c(CC(C)CN)cc1Cl. The van der Waals surface area contributed by atoms with E-state index in [-0.39, 0.29) is 0 Å². The molecular formula is C11H15Cl2NO. The van der Waals surface area contributed by atoms with Gasteiger partial charge in [0.25, 0.3) is 0 Å². The molecule has 0 heterocycles. The summed E-state index contributed by atoms with van der Waals surface area (Å²) in [7, 11) is 1.57. The van der Waals surface area contributed by atoms with Crippen LogP contribution in [0.2, 0.25) is 10.0 Å². The van der Waals surface area contributed by atoms with Gasteiger partial charge in [0.15, 0.2) is 0 Å². The molecule has 0 aliphatic carbocycles. The van der Waals surface area contributed by atoms with E-state index in [0.29, 0.717) is 28.3 Å². The highest BCUT2D eigenvalue weighted by Crippen LogP contribution is 2.31. The third kappa shape index (κ3) is 3.26. The zero-order chi connectivity index (χ0) is 11.4. The maximum Gasteiger partial charge on any atom is 0.138 e. The van der Waals surface area contributed by atoms with Gasteiger partial charge in [0.1, 0.15) is 5.75 Å². The topological polar surface area (TPSA) is 35.2 Å². The van der Waals surface area contributed by atoms with Crippen molar-refractivity contribution in [1.29, 1.82) is 0 Å². The first kappa shape index (κ1) is 12.6. The second-order valence-corrected chi connectivity index (χ2v) is 4.44. The third-order valence-electron chi connectivity index (χ3n) is 2.29. The van der Waals surface area contributed by atoms with Gasteiger partial charge in [-0.2, -0.15) is 0 Å². The molecule has 1 rings (SSSR count). The molecule has 0 bridgehead atoms. The van der Waals surface area contributed by atoms with E-state index in [2.05, 4.69) is 6.92 Å². The summed E-state index contributed by atoms with van der Waals surface area (Å²) < 4.78 is 5.07. The number of ether oxygens (including phenoxy) is 1. The normalized spacial score (nSPS) is 12.6. The van der Waals surface area contributed by atoms with Crippen LogP contribution in [0.1, 0.15) is 12.5 Å². The van der Waals surface area contributed by atoms with Crippen LogP contribution in [0.5, 0.6) is 5.75 Å². The predicted octanol–water partition coefficient (Wildman–Crippen LogP) is 3.14. The second-order valence-electron chi connectivity index (χ2n) is 3.62. The van der Waals surface area contributed by atoms with Crippen molar-refractivity contribution in [2.45, 2.75) is 13.3 Å². The van der Waals surface area contributed by atoms with Gasteiger partial charge in [-0.3, -0.25) is 0 Å². The Hall–Kier alpha value is -0.440. The lowest BCUT2D eigenvalue weighted by molar-refractivity contribution is 0.415. The molecule has 1 atom stereocenters. The Labute approximate surface area is 100 Å². The van der Waals surface area contributed by atoms with Gasteiger partial charge in [-0.1, -0.05) is 30.1 Å². The Morgan fingerprint density at radius 2 is 2.00 bits per heavy atom. The third-order valence-corrected chi connectivity index (χ3v) is 2.94. The number of benzene rings is 1. The van der Waals surface area contributed by atoms with Gasteiger partial charge < -0.3 is 10.5 Å². The van der Waals surface area contributed by atoms with Crippen LogP contribution in [-0.2, 0) is 6.42 Å². The molecule has 0 saturated carbocycles. The van der Waals surface area contributed by atoms with Gasteiger partial charge in [-0.25, -0.2) is 0 Å². The van der Waals surface area contributed by atoms with Crippen molar-refractivity contribution in [3.8, 4) is 5.75 Å². The molecule has 15 heavy (non-hydrogen) atoms. The van der Waals surface area contributed by atoms with Crippen molar-refractivity contribution >= 4 is 23.2 Å². The fourth-order valence-corrected chi connectivity index (χ4v) is 1.84. The van der Waals surface area contributed by atoms with E-state index < -0.39 is 0 Å². The maximum absolute atomic E-state index is 6.10. The Kier molecular flexibility index (Phi) is 4.71. The second kappa shape index (κ2) is 5.59. The number of rotatable bonds is 4. The van der Waals surface area contributed by atoms with E-state index in [0.717, 1.165) is 12.0 Å². The van der Waals surface area contributed by atoms with Crippen LogP contribution in [0.4, 0.5) is 0 Å². The van der Waals surface area contributed by atoms with Gasteiger partial charge in [0.05, 0.1) is 12.1 Å². The molecular weight excluding hydrogens is 233 g/mol. The number of halogens is 2. The maximum atomic E-state index is 6.10. The summed E-state index contributed by atoms with van der Waals surface area (Å²) in [6.45, 7) is 2.72. The van der Waals surface area contributed by atoms with Crippen molar-refractivity contribution in [2.75, 3.05) is 13.7 Å². The van der Waals surface area contributed by atoms with Gasteiger partial charge >= 0.3 is 0 Å². The first-order chi connectivity index (χ1) is 7.08. The number of nitrogens with two attached hydrogens (primary N) is 1. The van der Waals surface area contributed by atoms with E-state index in [1.165, 1.54) is 0 Å². The lowest BCUT2D eigenvalue weighted by Crippen LogP contribution is -2.13. The minimum Gasteiger partial charge on any atom is -0.495 e. The zero-order valence-electron chi connectivity index (χ0n) is 8.89. The summed E-state index contributed by atoms with van der Waals surface area (Å²) in [4.78, 5) is 0. The highest BCUT2D eigenvalue weighted by atomic mass is 35.5. The Bertz CT molecular complexity index is 342. The van der Waals surface area contributed by atoms with Crippen LogP contribution in [0.15, 0.2) is 12.1 Å². The first-order valence-corrected chi connectivity index (χ1v) is 5.56. The summed E-state index contributed by atoms with van der Waals surface area (Å²) in [5.74, 6) is 0.998. The Morgan fingerprint density at radius 3 is 2.53 bits per heavy atom. The average molecular weight is 248 g/mol. The summed E-state index contributed by atoms with van der Waals surface area (Å²) in [6.07, 6.45) is 0.832. The molecule has 0 amide bonds. The van der Waals surface area contributed by atoms with E-state index in [1.807, 2.05) is 6.07 Å². The van der Waals surface area contributed by atoms with Crippen molar-refractivity contribution in [3.63, 3.8) is 0 Å². The molecule has 0 saturated heterocycles. The number of hydrogen-bond acceptors (Lipinski definition) is 2. The minimum absolute atomic E-state index is 0.395. The van der Waals surface area contributed by atoms with Gasteiger partial charge in [0.2, 0.25) is 0 Å². The highest BCUT2D eigenvalue weighted by Gasteiger charge is 2.10. The summed E-state index contributed by atoms with van der Waals surface area (Å²) in [5, 5.41) is 1.26. The summed E-state index contributed by atoms with van der Waals surface area (Å²) in [5.41, 5.74) is 6.58. The minimum atomic E-state index is 0.395. The van der Waals surface area contributed by atoms with E-state index >= 15 is 0 Å². The molecule has 0 radical (unpaired) electrons. The van der Waals surface area contributed by atoms with Crippen molar-refractivity contribution in [2.24, 2.45) is 11.7 Å². The molecule has 0 spiro atoms. The van der Waals surface area contributed by atoms with Crippen molar-refractivity contribution in [1.82, 2.24) is 0 Å². The molecule has 1 aromatic carbocycles. The summed E-state index contributed by atoms with van der Waals surface area (Å²) >= 11 is 12.1. The fraction of sp³-hybridized carbons (Fsp3) is 0.455. The highest BCUT2D eigenvalue weighted by molar-refractivity contribution is 6.34. The zero-order valence-corrected chi connectivity index (χ0v) is 10.4. The van der Waals surface area contributed by atoms with E-state index in [1.54, 1.807) is 13.2 Å². The van der Waals surface area contributed by atoms with Gasteiger partial charge in [-0.05, 0) is 30.5 Å². The lowest BCUT2D eigenvalue weighted by atomic mass is 10.0. The van der Waals surface area contributed by atoms with Crippen LogP contribution in [-0.4, -0.2) is 13.7 Å². The molecule has 0 aliphatic rings. The van der Waals surface area contributed by atoms with Crippen molar-refractivity contribution < 1.29 is 4.74 Å². The van der Waals surface area contributed by atoms with Gasteiger partial charge in [0, 0.05) is 11.1 Å². The molecule has 1 aromatic rings. The fourth-order valence-electron chi connectivity index (χ4n) is 1.34. The van der Waals surface area contributed by atoms with Crippen LogP contribution < -0.4 is 10.5 Å². The predicted molar refractivity (Wildman–Crippen MR) is 64.9 cm³/mol. The molecule has 0 aromatic heterocycles. The average Bonchev–Trinajstić information content (AvgIpc) is 2.22. The first-order valence-electron chi connectivity index (χ1n) is 4.80. The Balaban J connectivity index is 2.95. The lowest BCUT2D eigenvalue weighted by Gasteiger charge is -2.12. The molecule has 2 nitrogen and oxygen atoms in total. The van der Waals surface area contributed by atoms with Crippen molar-refractivity contribution in [3.05, 3.63) is 27.7 Å². The van der Waals surface area contributed by atoms with Crippen LogP contribution in [0, 0.1) is 5.92 Å². The molecule has 84 valence electrons. The van der Waals surface area contributed by atoms with Crippen LogP contribution >= 0.6 is 23.2 Å². The standard InChI is InChI=1S/C11H15Cl2NO/c1-7(6-14)3-8-4-10(13)11(15-2)5-9(8)12/h4-5,7H,3,6,14H2,1-2H3. The molecule has 0 fully saturated rings. The van der Waals surface area contributed by atoms with Crippen LogP contribution in [0.25, 0.3) is 0 Å².